The minimum atomic E-state index is -0.802. The van der Waals surface area contributed by atoms with Crippen molar-refractivity contribution in [3.8, 4) is 0 Å². The summed E-state index contributed by atoms with van der Waals surface area (Å²) in [6, 6.07) is 4.81. The van der Waals surface area contributed by atoms with E-state index in [9.17, 15) is 19.2 Å². The average molecular weight is 575 g/mol. The first-order valence-corrected chi connectivity index (χ1v) is 16.9. The zero-order valence-corrected chi connectivity index (χ0v) is 24.7. The quantitative estimate of drug-likeness (QED) is 0.443. The molecule has 3 N–H and O–H groups in total. The van der Waals surface area contributed by atoms with E-state index in [1.807, 2.05) is 59.7 Å². The maximum atomic E-state index is 14.1. The van der Waals surface area contributed by atoms with E-state index in [0.717, 1.165) is 61.2 Å². The van der Waals surface area contributed by atoms with E-state index >= 15 is 0 Å². The van der Waals surface area contributed by atoms with E-state index < -0.39 is 24.2 Å². The van der Waals surface area contributed by atoms with Crippen molar-refractivity contribution >= 4 is 45.2 Å². The van der Waals surface area contributed by atoms with Gasteiger partial charge in [0.1, 0.15) is 24.2 Å². The standard InChI is InChI=1S/C29H42N4O4S2/c1-19(2)25-28(36)30-22-13-5-3-9-15-38-39-16-10-4-6-14-23(31-26(22)34)29(37)33-18-21-12-8-7-11-20(21)17-24(33)27(35)32-25/h7-8,11-12,19,22-25H,3-6,9-10,13-18H2,1-2H3,(H,30,36)(H,31,34)(H,32,35)/t22-,23+,24-,25+/m1/s1. The summed E-state index contributed by atoms with van der Waals surface area (Å²) in [5.74, 6) is 0.737. The summed E-state index contributed by atoms with van der Waals surface area (Å²) in [6.07, 6.45) is 7.03. The number of amides is 4. The molecule has 8 nitrogen and oxygen atoms in total. The van der Waals surface area contributed by atoms with Crippen molar-refractivity contribution in [2.45, 2.75) is 102 Å². The van der Waals surface area contributed by atoms with E-state index in [4.69, 9.17) is 0 Å². The van der Waals surface area contributed by atoms with Crippen LogP contribution in [0.3, 0.4) is 0 Å². The molecule has 10 heteroatoms. The monoisotopic (exact) mass is 574 g/mol. The van der Waals surface area contributed by atoms with Crippen LogP contribution in [0.25, 0.3) is 0 Å². The number of fused-ring (bicyclic) bond motifs is 5. The molecule has 0 radical (unpaired) electrons. The van der Waals surface area contributed by atoms with E-state index in [1.54, 1.807) is 4.90 Å². The molecule has 2 bridgehead atoms. The Bertz CT molecular complexity index is 1040. The van der Waals surface area contributed by atoms with Gasteiger partial charge in [0.25, 0.3) is 0 Å². The maximum absolute atomic E-state index is 14.1. The highest BCUT2D eigenvalue weighted by Crippen LogP contribution is 2.27. The number of benzene rings is 1. The van der Waals surface area contributed by atoms with Gasteiger partial charge in [-0.1, -0.05) is 85.4 Å². The van der Waals surface area contributed by atoms with E-state index in [-0.39, 0.29) is 29.5 Å². The highest BCUT2D eigenvalue weighted by molar-refractivity contribution is 8.76. The number of hydrogen-bond donors (Lipinski definition) is 3. The molecular formula is C29H42N4O4S2. The summed E-state index contributed by atoms with van der Waals surface area (Å²) in [4.78, 5) is 56.5. The third-order valence-corrected chi connectivity index (χ3v) is 10.4. The molecule has 0 aliphatic carbocycles. The fourth-order valence-electron chi connectivity index (χ4n) is 5.52. The van der Waals surface area contributed by atoms with Crippen molar-refractivity contribution in [2.75, 3.05) is 11.5 Å². The van der Waals surface area contributed by atoms with Crippen LogP contribution < -0.4 is 16.0 Å². The van der Waals surface area contributed by atoms with Crippen molar-refractivity contribution in [3.63, 3.8) is 0 Å². The molecule has 4 rings (SSSR count). The molecule has 3 aliphatic rings. The predicted octanol–water partition coefficient (Wildman–Crippen LogP) is 3.58. The van der Waals surface area contributed by atoms with Gasteiger partial charge in [0.15, 0.2) is 0 Å². The highest BCUT2D eigenvalue weighted by Gasteiger charge is 2.41. The second-order valence-electron chi connectivity index (χ2n) is 11.2. The second kappa shape index (κ2) is 14.4. The molecule has 0 aromatic heterocycles. The Hall–Kier alpha value is -2.20. The Morgan fingerprint density at radius 3 is 2.03 bits per heavy atom. The zero-order chi connectivity index (χ0) is 27.8. The van der Waals surface area contributed by atoms with Gasteiger partial charge in [-0.3, -0.25) is 19.2 Å². The van der Waals surface area contributed by atoms with Crippen molar-refractivity contribution in [3.05, 3.63) is 35.4 Å². The summed E-state index contributed by atoms with van der Waals surface area (Å²) < 4.78 is 0. The summed E-state index contributed by atoms with van der Waals surface area (Å²) in [5.41, 5.74) is 2.03. The van der Waals surface area contributed by atoms with Crippen LogP contribution in [-0.2, 0) is 32.1 Å². The molecule has 2 saturated heterocycles. The minimum Gasteiger partial charge on any atom is -0.343 e. The molecule has 4 atom stereocenters. The van der Waals surface area contributed by atoms with Gasteiger partial charge < -0.3 is 20.9 Å². The smallest absolute Gasteiger partial charge is 0.246 e. The summed E-state index contributed by atoms with van der Waals surface area (Å²) >= 11 is 0. The van der Waals surface area contributed by atoms with Crippen LogP contribution in [0.5, 0.6) is 0 Å². The molecule has 3 aliphatic heterocycles. The topological polar surface area (TPSA) is 108 Å². The van der Waals surface area contributed by atoms with Gasteiger partial charge in [-0.15, -0.1) is 0 Å². The molecule has 4 amide bonds. The molecule has 1 aromatic carbocycles. The van der Waals surface area contributed by atoms with Crippen LogP contribution in [0, 0.1) is 5.92 Å². The Balaban J connectivity index is 1.68. The largest absolute Gasteiger partial charge is 0.343 e. The Labute approximate surface area is 240 Å². The molecule has 0 unspecified atom stereocenters. The van der Waals surface area contributed by atoms with Crippen LogP contribution in [0.2, 0.25) is 0 Å². The normalized spacial score (nSPS) is 28.3. The fraction of sp³-hybridized carbons (Fsp3) is 0.655. The number of hydrogen-bond acceptors (Lipinski definition) is 6. The number of nitrogens with one attached hydrogen (secondary N) is 3. The first-order chi connectivity index (χ1) is 18.8. The number of carbonyl (C=O) groups is 4. The van der Waals surface area contributed by atoms with Crippen LogP contribution in [0.1, 0.15) is 76.3 Å². The molecule has 214 valence electrons. The van der Waals surface area contributed by atoms with E-state index in [2.05, 4.69) is 16.0 Å². The zero-order valence-electron chi connectivity index (χ0n) is 23.1. The summed E-state index contributed by atoms with van der Waals surface area (Å²) in [7, 11) is 3.81. The fourth-order valence-corrected chi connectivity index (χ4v) is 7.82. The number of nitrogens with zero attached hydrogens (tertiary/aromatic N) is 1. The highest BCUT2D eigenvalue weighted by atomic mass is 33.1. The molecule has 2 fully saturated rings. The molecule has 3 heterocycles. The average Bonchev–Trinajstić information content (AvgIpc) is 2.92. The number of rotatable bonds is 1. The van der Waals surface area contributed by atoms with Gasteiger partial charge in [0.05, 0.1) is 0 Å². The van der Waals surface area contributed by atoms with E-state index in [1.165, 1.54) is 0 Å². The van der Waals surface area contributed by atoms with Crippen LogP contribution in [-0.4, -0.2) is 64.2 Å². The first kappa shape index (κ1) is 29.8. The first-order valence-electron chi connectivity index (χ1n) is 14.4. The van der Waals surface area contributed by atoms with Crippen molar-refractivity contribution < 1.29 is 19.2 Å². The van der Waals surface area contributed by atoms with Crippen LogP contribution >= 0.6 is 21.6 Å². The van der Waals surface area contributed by atoms with Gasteiger partial charge in [-0.25, -0.2) is 0 Å². The minimum absolute atomic E-state index is 0.187. The maximum Gasteiger partial charge on any atom is 0.246 e. The lowest BCUT2D eigenvalue weighted by molar-refractivity contribution is -0.146. The second-order valence-corrected chi connectivity index (χ2v) is 13.9. The van der Waals surface area contributed by atoms with Gasteiger partial charge >= 0.3 is 0 Å². The Kier molecular flexibility index (Phi) is 11.0. The molecule has 0 spiro atoms. The lowest BCUT2D eigenvalue weighted by Crippen LogP contribution is -2.64. The van der Waals surface area contributed by atoms with E-state index in [0.29, 0.717) is 25.8 Å². The SMILES string of the molecule is CC(C)[C@@H]1NC(=O)[C@H]2Cc3ccccc3CN2C(=O)[C@@H]2CCCCCSSCCCCC[C@@H](NC1=O)C(=O)N2. The van der Waals surface area contributed by atoms with Crippen molar-refractivity contribution in [1.82, 2.24) is 20.9 Å². The van der Waals surface area contributed by atoms with Gasteiger partial charge in [0, 0.05) is 24.5 Å². The van der Waals surface area contributed by atoms with Gasteiger partial charge in [-0.2, -0.15) is 0 Å². The molecule has 39 heavy (non-hydrogen) atoms. The molecular weight excluding hydrogens is 532 g/mol. The lowest BCUT2D eigenvalue weighted by atomic mass is 9.91. The third-order valence-electron chi connectivity index (χ3n) is 7.85. The predicted molar refractivity (Wildman–Crippen MR) is 157 cm³/mol. The third kappa shape index (κ3) is 7.93. The van der Waals surface area contributed by atoms with Crippen LogP contribution in [0.15, 0.2) is 24.3 Å². The summed E-state index contributed by atoms with van der Waals surface area (Å²) in [6.45, 7) is 4.05. The number of carbonyl (C=O) groups excluding carboxylic acids is 4. The van der Waals surface area contributed by atoms with Crippen molar-refractivity contribution in [2.24, 2.45) is 5.92 Å². The Morgan fingerprint density at radius 2 is 1.36 bits per heavy atom. The van der Waals surface area contributed by atoms with Crippen LogP contribution in [0.4, 0.5) is 0 Å². The summed E-state index contributed by atoms with van der Waals surface area (Å²) in [5, 5.41) is 8.89. The van der Waals surface area contributed by atoms with Gasteiger partial charge in [0.2, 0.25) is 23.6 Å². The molecule has 1 aromatic rings. The lowest BCUT2D eigenvalue weighted by Gasteiger charge is -2.39. The Morgan fingerprint density at radius 1 is 0.744 bits per heavy atom. The molecule has 0 saturated carbocycles. The van der Waals surface area contributed by atoms with Gasteiger partial charge in [-0.05, 0) is 42.7 Å². The van der Waals surface area contributed by atoms with Crippen molar-refractivity contribution in [1.29, 1.82) is 0 Å².